The van der Waals surface area contributed by atoms with Crippen LogP contribution in [0.25, 0.3) is 0 Å². The Labute approximate surface area is 240 Å². The number of benzene rings is 2. The summed E-state index contributed by atoms with van der Waals surface area (Å²) < 4.78 is 86.8. The molecule has 3 atom stereocenters. The Morgan fingerprint density at radius 1 is 0.881 bits per heavy atom. The number of nitrogens with zero attached hydrogens (tertiary/aromatic N) is 1. The molecule has 0 bridgehead atoms. The van der Waals surface area contributed by atoms with Gasteiger partial charge in [-0.3, -0.25) is 14.4 Å². The van der Waals surface area contributed by atoms with Crippen molar-refractivity contribution in [1.82, 2.24) is 10.4 Å². The Morgan fingerprint density at radius 2 is 1.45 bits per heavy atom. The van der Waals surface area contributed by atoms with Gasteiger partial charge in [0, 0.05) is 30.8 Å². The quantitative estimate of drug-likeness (QED) is 0.285. The molecule has 2 amide bonds. The van der Waals surface area contributed by atoms with Crippen LogP contribution in [0.4, 0.5) is 26.3 Å². The first-order chi connectivity index (χ1) is 19.8. The number of likely N-dealkylation sites (tertiary alicyclic amines) is 1. The van der Waals surface area contributed by atoms with Gasteiger partial charge < -0.3 is 9.64 Å². The normalized spacial score (nSPS) is 24.2. The number of ether oxygens (including phenoxy) is 1. The van der Waals surface area contributed by atoms with Gasteiger partial charge in [0.1, 0.15) is 0 Å². The maximum Gasteiger partial charge on any atom is 0.416 e. The second kappa shape index (κ2) is 13.0. The third-order valence-electron chi connectivity index (χ3n) is 8.20. The number of hydrogen-bond acceptors (Lipinski definition) is 4. The lowest BCUT2D eigenvalue weighted by Gasteiger charge is -2.41. The molecule has 4 rings (SSSR count). The molecule has 0 spiro atoms. The largest absolute Gasteiger partial charge is 0.416 e. The van der Waals surface area contributed by atoms with E-state index in [4.69, 9.17) is 9.57 Å². The van der Waals surface area contributed by atoms with Crippen LogP contribution in [0, 0.1) is 11.8 Å². The summed E-state index contributed by atoms with van der Waals surface area (Å²) in [6.07, 6.45) is -8.95. The second-order valence-corrected chi connectivity index (χ2v) is 11.0. The first-order valence-corrected chi connectivity index (χ1v) is 13.9. The number of hydroxylamine groups is 1. The van der Waals surface area contributed by atoms with E-state index in [0.29, 0.717) is 57.3 Å². The van der Waals surface area contributed by atoms with Crippen LogP contribution < -0.4 is 5.48 Å². The van der Waals surface area contributed by atoms with Crippen molar-refractivity contribution in [3.05, 3.63) is 70.8 Å². The van der Waals surface area contributed by atoms with Gasteiger partial charge in [-0.25, -0.2) is 5.48 Å². The van der Waals surface area contributed by atoms with Crippen LogP contribution in [0.2, 0.25) is 0 Å². The zero-order valence-electron chi connectivity index (χ0n) is 23.3. The lowest BCUT2D eigenvalue weighted by Crippen LogP contribution is -2.48. The standard InChI is InChI=1S/C30H34F6N2O4/c1-18(22-14-23(29(31,32)33)16-24(15-22)30(34,35)36)42-26-12-13-38(17-25(26)19-6-4-3-5-7-19)28(40)21-10-8-20(9-11-21)27(39)37-41-2/h3-7,14-16,18,20-21,25-26H,8-13,17H2,1-2H3,(H,37,39)/t18-,20?,21?,25+,26+/m1/s1. The van der Waals surface area contributed by atoms with Gasteiger partial charge in [0.25, 0.3) is 0 Å². The minimum atomic E-state index is -4.96. The number of piperidine rings is 1. The highest BCUT2D eigenvalue weighted by Gasteiger charge is 2.40. The van der Waals surface area contributed by atoms with Crippen molar-refractivity contribution in [1.29, 1.82) is 0 Å². The maximum absolute atomic E-state index is 13.5. The summed E-state index contributed by atoms with van der Waals surface area (Å²) in [6.45, 7) is 2.06. The molecule has 2 fully saturated rings. The third-order valence-corrected chi connectivity index (χ3v) is 8.20. The number of carbonyl (C=O) groups excluding carboxylic acids is 2. The smallest absolute Gasteiger partial charge is 0.370 e. The number of amides is 2. The van der Waals surface area contributed by atoms with Crippen molar-refractivity contribution in [2.75, 3.05) is 20.2 Å². The van der Waals surface area contributed by atoms with Gasteiger partial charge >= 0.3 is 12.4 Å². The summed E-state index contributed by atoms with van der Waals surface area (Å²) in [5, 5.41) is 0. The minimum absolute atomic E-state index is 0.0271. The molecule has 12 heteroatoms. The van der Waals surface area contributed by atoms with Gasteiger partial charge in [0.2, 0.25) is 11.8 Å². The fraction of sp³-hybridized carbons (Fsp3) is 0.533. The van der Waals surface area contributed by atoms with Crippen molar-refractivity contribution < 1.29 is 45.5 Å². The van der Waals surface area contributed by atoms with Gasteiger partial charge in [0.15, 0.2) is 0 Å². The third kappa shape index (κ3) is 7.63. The van der Waals surface area contributed by atoms with Crippen molar-refractivity contribution in [2.45, 2.75) is 69.5 Å². The van der Waals surface area contributed by atoms with E-state index >= 15 is 0 Å². The number of alkyl halides is 6. The first-order valence-electron chi connectivity index (χ1n) is 13.9. The molecular formula is C30H34F6N2O4. The highest BCUT2D eigenvalue weighted by Crippen LogP contribution is 2.40. The van der Waals surface area contributed by atoms with E-state index in [1.54, 1.807) is 4.90 Å². The topological polar surface area (TPSA) is 67.9 Å². The predicted molar refractivity (Wildman–Crippen MR) is 141 cm³/mol. The van der Waals surface area contributed by atoms with E-state index in [1.165, 1.54) is 14.0 Å². The minimum Gasteiger partial charge on any atom is -0.370 e. The highest BCUT2D eigenvalue weighted by molar-refractivity contribution is 5.81. The summed E-state index contributed by atoms with van der Waals surface area (Å²) >= 11 is 0. The van der Waals surface area contributed by atoms with Gasteiger partial charge in [-0.15, -0.1) is 0 Å². The predicted octanol–water partition coefficient (Wildman–Crippen LogP) is 6.67. The average molecular weight is 601 g/mol. The van der Waals surface area contributed by atoms with Crippen LogP contribution in [-0.4, -0.2) is 43.0 Å². The lowest BCUT2D eigenvalue weighted by molar-refractivity contribution is -0.144. The number of halogens is 6. The molecule has 0 unspecified atom stereocenters. The lowest BCUT2D eigenvalue weighted by atomic mass is 9.80. The van der Waals surface area contributed by atoms with Gasteiger partial charge in [-0.05, 0) is 68.4 Å². The fourth-order valence-electron chi connectivity index (χ4n) is 5.91. The molecule has 2 aromatic carbocycles. The molecule has 0 aromatic heterocycles. The Balaban J connectivity index is 1.50. The van der Waals surface area contributed by atoms with E-state index in [9.17, 15) is 35.9 Å². The van der Waals surface area contributed by atoms with Crippen LogP contribution in [0.5, 0.6) is 0 Å². The van der Waals surface area contributed by atoms with Crippen LogP contribution in [0.3, 0.4) is 0 Å². The number of nitrogens with one attached hydrogen (secondary N) is 1. The van der Waals surface area contributed by atoms with Crippen molar-refractivity contribution >= 4 is 11.8 Å². The summed E-state index contributed by atoms with van der Waals surface area (Å²) in [7, 11) is 1.36. The summed E-state index contributed by atoms with van der Waals surface area (Å²) in [6, 6.07) is 10.7. The Morgan fingerprint density at radius 3 is 2.00 bits per heavy atom. The molecule has 1 saturated heterocycles. The Bertz CT molecular complexity index is 1200. The number of rotatable bonds is 7. The molecule has 1 saturated carbocycles. The molecule has 1 N–H and O–H groups in total. The first kappa shape index (κ1) is 31.8. The van der Waals surface area contributed by atoms with Gasteiger partial charge in [-0.2, -0.15) is 26.3 Å². The summed E-state index contributed by atoms with van der Waals surface area (Å²) in [5.74, 6) is -1.04. The van der Waals surface area contributed by atoms with Crippen LogP contribution in [-0.2, 0) is 31.5 Å². The van der Waals surface area contributed by atoms with E-state index in [2.05, 4.69) is 5.48 Å². The summed E-state index contributed by atoms with van der Waals surface area (Å²) in [4.78, 5) is 32.0. The van der Waals surface area contributed by atoms with Crippen LogP contribution in [0.15, 0.2) is 48.5 Å². The monoisotopic (exact) mass is 600 g/mol. The fourth-order valence-corrected chi connectivity index (χ4v) is 5.91. The van der Waals surface area contributed by atoms with Gasteiger partial charge in [-0.1, -0.05) is 30.3 Å². The van der Waals surface area contributed by atoms with Gasteiger partial charge in [0.05, 0.1) is 30.4 Å². The zero-order valence-corrected chi connectivity index (χ0v) is 23.3. The number of carbonyl (C=O) groups is 2. The van der Waals surface area contributed by atoms with E-state index in [-0.39, 0.29) is 41.2 Å². The molecule has 42 heavy (non-hydrogen) atoms. The van der Waals surface area contributed by atoms with Crippen LogP contribution >= 0.6 is 0 Å². The molecule has 2 aliphatic rings. The molecule has 230 valence electrons. The molecule has 0 radical (unpaired) electrons. The van der Waals surface area contributed by atoms with E-state index in [1.807, 2.05) is 30.3 Å². The number of hydrogen-bond donors (Lipinski definition) is 1. The van der Waals surface area contributed by atoms with E-state index < -0.39 is 35.7 Å². The van der Waals surface area contributed by atoms with E-state index in [0.717, 1.165) is 5.56 Å². The Kier molecular flexibility index (Phi) is 9.87. The second-order valence-electron chi connectivity index (χ2n) is 11.0. The summed E-state index contributed by atoms with van der Waals surface area (Å²) in [5.41, 5.74) is 0.186. The van der Waals surface area contributed by atoms with Crippen molar-refractivity contribution in [2.24, 2.45) is 11.8 Å². The molecule has 1 heterocycles. The Hall–Kier alpha value is -3.12. The average Bonchev–Trinajstić information content (AvgIpc) is 2.96. The highest BCUT2D eigenvalue weighted by atomic mass is 19.4. The molecule has 1 aliphatic carbocycles. The molecule has 2 aromatic rings. The zero-order chi connectivity index (χ0) is 30.7. The molecule has 6 nitrogen and oxygen atoms in total. The van der Waals surface area contributed by atoms with Crippen molar-refractivity contribution in [3.8, 4) is 0 Å². The van der Waals surface area contributed by atoms with Crippen molar-refractivity contribution in [3.63, 3.8) is 0 Å². The molecule has 1 aliphatic heterocycles. The van der Waals surface area contributed by atoms with Crippen LogP contribution in [0.1, 0.15) is 73.3 Å². The maximum atomic E-state index is 13.5. The molecular weight excluding hydrogens is 566 g/mol. The SMILES string of the molecule is CONC(=O)C1CCC(C(=O)N2CC[C@H](O[C@H](C)c3cc(C(F)(F)F)cc(C(F)(F)F)c3)[C@H](c3ccccc3)C2)CC1.